The Morgan fingerprint density at radius 1 is 1.42 bits per heavy atom. The molecule has 0 heterocycles. The van der Waals surface area contributed by atoms with Crippen molar-refractivity contribution < 1.29 is 5.11 Å². The van der Waals surface area contributed by atoms with E-state index in [9.17, 15) is 5.11 Å². The first-order chi connectivity index (χ1) is 5.49. The van der Waals surface area contributed by atoms with Gasteiger partial charge in [-0.2, -0.15) is 0 Å². The van der Waals surface area contributed by atoms with Crippen LogP contribution in [0.15, 0.2) is 0 Å². The van der Waals surface area contributed by atoms with Crippen LogP contribution >= 0.6 is 0 Å². The number of aliphatic hydroxyl groups is 1. The lowest BCUT2D eigenvalue weighted by molar-refractivity contribution is 0.0832. The minimum Gasteiger partial charge on any atom is -0.393 e. The standard InChI is InChI=1S/C10H21NO/c1-10(2,11)7-9(12)8-5-3-4-6-8/h8-9,12H,3-7,11H2,1-2H3. The lowest BCUT2D eigenvalue weighted by atomic mass is 9.89. The van der Waals surface area contributed by atoms with Gasteiger partial charge in [0.25, 0.3) is 0 Å². The maximum absolute atomic E-state index is 9.80. The average molecular weight is 171 g/mol. The van der Waals surface area contributed by atoms with Crippen LogP contribution in [0.2, 0.25) is 0 Å². The van der Waals surface area contributed by atoms with Crippen molar-refractivity contribution in [2.45, 2.75) is 57.6 Å². The molecular weight excluding hydrogens is 150 g/mol. The van der Waals surface area contributed by atoms with Crippen molar-refractivity contribution in [1.82, 2.24) is 0 Å². The second kappa shape index (κ2) is 3.75. The minimum absolute atomic E-state index is 0.174. The van der Waals surface area contributed by atoms with E-state index in [2.05, 4.69) is 0 Å². The molecule has 0 aliphatic heterocycles. The molecule has 2 nitrogen and oxygen atoms in total. The summed E-state index contributed by atoms with van der Waals surface area (Å²) < 4.78 is 0. The molecule has 1 aliphatic rings. The first-order valence-electron chi connectivity index (χ1n) is 4.96. The molecule has 12 heavy (non-hydrogen) atoms. The van der Waals surface area contributed by atoms with Crippen molar-refractivity contribution in [2.24, 2.45) is 11.7 Å². The van der Waals surface area contributed by atoms with Gasteiger partial charge in [-0.3, -0.25) is 0 Å². The van der Waals surface area contributed by atoms with Gasteiger partial charge in [0.1, 0.15) is 0 Å². The van der Waals surface area contributed by atoms with Crippen molar-refractivity contribution in [3.05, 3.63) is 0 Å². The third-order valence-corrected chi connectivity index (χ3v) is 2.68. The van der Waals surface area contributed by atoms with Crippen LogP contribution in [0.4, 0.5) is 0 Å². The van der Waals surface area contributed by atoms with Gasteiger partial charge in [-0.25, -0.2) is 0 Å². The van der Waals surface area contributed by atoms with Gasteiger partial charge in [0, 0.05) is 5.54 Å². The molecule has 1 atom stereocenters. The van der Waals surface area contributed by atoms with Gasteiger partial charge in [0.2, 0.25) is 0 Å². The van der Waals surface area contributed by atoms with Crippen molar-refractivity contribution in [3.63, 3.8) is 0 Å². The molecule has 0 radical (unpaired) electrons. The largest absolute Gasteiger partial charge is 0.393 e. The third-order valence-electron chi connectivity index (χ3n) is 2.68. The maximum Gasteiger partial charge on any atom is 0.0585 e. The van der Waals surface area contributed by atoms with Gasteiger partial charge in [0.05, 0.1) is 6.10 Å². The Morgan fingerprint density at radius 3 is 2.33 bits per heavy atom. The highest BCUT2D eigenvalue weighted by atomic mass is 16.3. The van der Waals surface area contributed by atoms with E-state index in [4.69, 9.17) is 5.73 Å². The van der Waals surface area contributed by atoms with Crippen molar-refractivity contribution in [3.8, 4) is 0 Å². The smallest absolute Gasteiger partial charge is 0.0585 e. The summed E-state index contributed by atoms with van der Waals surface area (Å²) in [6, 6.07) is 0. The molecule has 0 aromatic carbocycles. The molecule has 0 bridgehead atoms. The van der Waals surface area contributed by atoms with Crippen LogP contribution in [-0.4, -0.2) is 16.7 Å². The van der Waals surface area contributed by atoms with Crippen molar-refractivity contribution in [2.75, 3.05) is 0 Å². The SMILES string of the molecule is CC(C)(N)CC(O)C1CCCC1. The summed E-state index contributed by atoms with van der Waals surface area (Å²) in [7, 11) is 0. The van der Waals surface area contributed by atoms with E-state index in [0.717, 1.165) is 6.42 Å². The number of nitrogens with two attached hydrogens (primary N) is 1. The Bertz CT molecular complexity index is 133. The Kier molecular flexibility index (Phi) is 3.13. The van der Waals surface area contributed by atoms with Crippen LogP contribution < -0.4 is 5.73 Å². The molecule has 0 aromatic heterocycles. The summed E-state index contributed by atoms with van der Waals surface area (Å²) in [5.74, 6) is 0.521. The Balaban J connectivity index is 2.31. The van der Waals surface area contributed by atoms with E-state index in [1.54, 1.807) is 0 Å². The zero-order chi connectivity index (χ0) is 9.19. The zero-order valence-electron chi connectivity index (χ0n) is 8.21. The molecule has 0 aromatic rings. The molecule has 1 fully saturated rings. The van der Waals surface area contributed by atoms with Gasteiger partial charge in [-0.05, 0) is 39.0 Å². The number of rotatable bonds is 3. The molecular formula is C10H21NO. The van der Waals surface area contributed by atoms with Crippen LogP contribution in [0.3, 0.4) is 0 Å². The summed E-state index contributed by atoms with van der Waals surface area (Å²) in [5.41, 5.74) is 5.62. The fraction of sp³-hybridized carbons (Fsp3) is 1.00. The van der Waals surface area contributed by atoms with E-state index in [1.165, 1.54) is 25.7 Å². The fourth-order valence-electron chi connectivity index (χ4n) is 2.05. The Hall–Kier alpha value is -0.0800. The van der Waals surface area contributed by atoms with Crippen LogP contribution in [-0.2, 0) is 0 Å². The molecule has 1 aliphatic carbocycles. The van der Waals surface area contributed by atoms with Gasteiger partial charge in [-0.1, -0.05) is 12.8 Å². The Labute approximate surface area is 75.2 Å². The second-order valence-corrected chi connectivity index (χ2v) is 4.80. The fourth-order valence-corrected chi connectivity index (χ4v) is 2.05. The van der Waals surface area contributed by atoms with E-state index in [0.29, 0.717) is 5.92 Å². The van der Waals surface area contributed by atoms with E-state index in [-0.39, 0.29) is 11.6 Å². The normalized spacial score (nSPS) is 23.0. The predicted octanol–water partition coefficient (Wildman–Crippen LogP) is 1.66. The van der Waals surface area contributed by atoms with E-state index >= 15 is 0 Å². The predicted molar refractivity (Wildman–Crippen MR) is 50.8 cm³/mol. The van der Waals surface area contributed by atoms with Crippen LogP contribution in [0.25, 0.3) is 0 Å². The lowest BCUT2D eigenvalue weighted by Crippen LogP contribution is -2.38. The number of aliphatic hydroxyl groups excluding tert-OH is 1. The highest BCUT2D eigenvalue weighted by Crippen LogP contribution is 2.30. The summed E-state index contributed by atoms with van der Waals surface area (Å²) in [5, 5.41) is 9.80. The van der Waals surface area contributed by atoms with Crippen LogP contribution in [0, 0.1) is 5.92 Å². The summed E-state index contributed by atoms with van der Waals surface area (Å²) in [6.07, 6.45) is 5.51. The average Bonchev–Trinajstić information content (AvgIpc) is 2.32. The Morgan fingerprint density at radius 2 is 1.92 bits per heavy atom. The summed E-state index contributed by atoms with van der Waals surface area (Å²) in [6.45, 7) is 3.95. The van der Waals surface area contributed by atoms with Gasteiger partial charge < -0.3 is 10.8 Å². The first-order valence-corrected chi connectivity index (χ1v) is 4.96. The molecule has 0 saturated heterocycles. The molecule has 0 spiro atoms. The van der Waals surface area contributed by atoms with Crippen molar-refractivity contribution in [1.29, 1.82) is 0 Å². The van der Waals surface area contributed by atoms with Crippen LogP contribution in [0.5, 0.6) is 0 Å². The zero-order valence-corrected chi connectivity index (χ0v) is 8.21. The highest BCUT2D eigenvalue weighted by molar-refractivity contribution is 4.82. The monoisotopic (exact) mass is 171 g/mol. The van der Waals surface area contributed by atoms with Crippen LogP contribution in [0.1, 0.15) is 46.0 Å². The summed E-state index contributed by atoms with van der Waals surface area (Å²) >= 11 is 0. The third kappa shape index (κ3) is 3.11. The maximum atomic E-state index is 9.80. The molecule has 0 amide bonds. The van der Waals surface area contributed by atoms with Crippen molar-refractivity contribution >= 4 is 0 Å². The minimum atomic E-state index is -0.220. The lowest BCUT2D eigenvalue weighted by Gasteiger charge is -2.26. The molecule has 3 N–H and O–H groups in total. The van der Waals surface area contributed by atoms with Gasteiger partial charge in [0.15, 0.2) is 0 Å². The van der Waals surface area contributed by atoms with E-state index in [1.807, 2.05) is 13.8 Å². The van der Waals surface area contributed by atoms with E-state index < -0.39 is 0 Å². The molecule has 2 heteroatoms. The summed E-state index contributed by atoms with van der Waals surface area (Å²) in [4.78, 5) is 0. The molecule has 1 unspecified atom stereocenters. The molecule has 1 rings (SSSR count). The number of hydrogen-bond donors (Lipinski definition) is 2. The molecule has 1 saturated carbocycles. The quantitative estimate of drug-likeness (QED) is 0.678. The van der Waals surface area contributed by atoms with Gasteiger partial charge >= 0.3 is 0 Å². The number of hydrogen-bond acceptors (Lipinski definition) is 2. The topological polar surface area (TPSA) is 46.2 Å². The van der Waals surface area contributed by atoms with Gasteiger partial charge in [-0.15, -0.1) is 0 Å². The highest BCUT2D eigenvalue weighted by Gasteiger charge is 2.26. The molecule has 72 valence electrons. The second-order valence-electron chi connectivity index (χ2n) is 4.80. The first kappa shape index (κ1) is 10.0.